The first-order chi connectivity index (χ1) is 29.2. The first-order valence-electron chi connectivity index (χ1n) is 20.6. The van der Waals surface area contributed by atoms with E-state index in [1.807, 2.05) is 0 Å². The topological polar surface area (TPSA) is 9.23 Å². The predicted molar refractivity (Wildman–Crippen MR) is 242 cm³/mol. The molecule has 1 heteroatoms. The Morgan fingerprint density at radius 1 is 0.254 bits per heavy atom. The third kappa shape index (κ3) is 4.29. The van der Waals surface area contributed by atoms with Gasteiger partial charge in [-0.15, -0.1) is 0 Å². The van der Waals surface area contributed by atoms with Gasteiger partial charge in [0, 0.05) is 11.1 Å². The Morgan fingerprint density at radius 3 is 1.42 bits per heavy atom. The van der Waals surface area contributed by atoms with Crippen LogP contribution in [-0.2, 0) is 10.8 Å². The normalized spacial score (nSPS) is 16.1. The van der Waals surface area contributed by atoms with Crippen molar-refractivity contribution in [3.8, 4) is 44.9 Å². The first kappa shape index (κ1) is 32.6. The summed E-state index contributed by atoms with van der Waals surface area (Å²) in [5.41, 5.74) is 16.5. The summed E-state index contributed by atoms with van der Waals surface area (Å²) in [6.45, 7) is 0. The van der Waals surface area contributed by atoms with Crippen LogP contribution in [0, 0.1) is 0 Å². The number of ether oxygens (including phenoxy) is 1. The van der Waals surface area contributed by atoms with Gasteiger partial charge >= 0.3 is 0 Å². The van der Waals surface area contributed by atoms with E-state index in [-0.39, 0.29) is 0 Å². The molecule has 0 saturated carbocycles. The summed E-state index contributed by atoms with van der Waals surface area (Å²) >= 11 is 0. The molecular weight excluding hydrogens is 713 g/mol. The van der Waals surface area contributed by atoms with Crippen molar-refractivity contribution in [2.24, 2.45) is 0 Å². The lowest BCUT2D eigenvalue weighted by Gasteiger charge is -2.40. The van der Waals surface area contributed by atoms with E-state index in [2.05, 4.69) is 218 Å². The molecule has 0 radical (unpaired) electrons. The Labute approximate surface area is 343 Å². The van der Waals surface area contributed by atoms with Crippen molar-refractivity contribution in [3.05, 3.63) is 263 Å². The van der Waals surface area contributed by atoms with Gasteiger partial charge in [0.2, 0.25) is 0 Å². The lowest BCUT2D eigenvalue weighted by atomic mass is 9.65. The summed E-state index contributed by atoms with van der Waals surface area (Å²) in [7, 11) is 0. The molecule has 3 aliphatic rings. The Balaban J connectivity index is 1.07. The highest BCUT2D eigenvalue weighted by molar-refractivity contribution is 5.97. The van der Waals surface area contributed by atoms with Crippen molar-refractivity contribution in [1.29, 1.82) is 0 Å². The van der Waals surface area contributed by atoms with Gasteiger partial charge in [0.25, 0.3) is 0 Å². The monoisotopic (exact) mass is 748 g/mol. The lowest BCUT2D eigenvalue weighted by Crippen LogP contribution is -2.32. The molecule has 0 N–H and O–H groups in total. The van der Waals surface area contributed by atoms with Crippen molar-refractivity contribution in [1.82, 2.24) is 0 Å². The average Bonchev–Trinajstić information content (AvgIpc) is 3.76. The highest BCUT2D eigenvalue weighted by atomic mass is 16.5. The van der Waals surface area contributed by atoms with E-state index < -0.39 is 10.8 Å². The van der Waals surface area contributed by atoms with Gasteiger partial charge in [-0.05, 0) is 131 Å². The molecule has 10 aromatic carbocycles. The van der Waals surface area contributed by atoms with Gasteiger partial charge in [-0.3, -0.25) is 0 Å². The number of hydrogen-bond acceptors (Lipinski definition) is 1. The van der Waals surface area contributed by atoms with Crippen molar-refractivity contribution >= 4 is 21.5 Å². The molecule has 0 amide bonds. The molecular formula is C58H36O. The molecule has 1 nitrogen and oxygen atoms in total. The van der Waals surface area contributed by atoms with E-state index in [9.17, 15) is 0 Å². The number of fused-ring (bicyclic) bond motifs is 14. The smallest absolute Gasteiger partial charge is 0.132 e. The Kier molecular flexibility index (Phi) is 6.64. The van der Waals surface area contributed by atoms with E-state index in [1.165, 1.54) is 93.9 Å². The zero-order valence-corrected chi connectivity index (χ0v) is 32.2. The quantitative estimate of drug-likeness (QED) is 0.175. The standard InChI is InChI=1S/C58H36O/c1-2-20-43(21-3-1)57(49-26-11-10-25-47(49)48-32-38-15-4-5-16-39(38)33-52(48)57)44-22-14-19-37(31-44)42-29-30-55-53(35-42)58(54-34-40-17-6-7-18-41(40)36-56(54)59-55)50-27-12-8-23-45(50)46-24-9-13-28-51(46)58/h1-36H. The first-order valence-corrected chi connectivity index (χ1v) is 20.6. The van der Waals surface area contributed by atoms with Crippen LogP contribution in [0.5, 0.6) is 11.5 Å². The van der Waals surface area contributed by atoms with Gasteiger partial charge in [-0.25, -0.2) is 0 Å². The van der Waals surface area contributed by atoms with Gasteiger partial charge in [0.1, 0.15) is 11.5 Å². The average molecular weight is 749 g/mol. The molecule has 10 aromatic rings. The highest BCUT2D eigenvalue weighted by Gasteiger charge is 2.51. The van der Waals surface area contributed by atoms with E-state index in [1.54, 1.807) is 0 Å². The number of benzene rings is 10. The second-order valence-electron chi connectivity index (χ2n) is 16.3. The van der Waals surface area contributed by atoms with Crippen molar-refractivity contribution < 1.29 is 4.74 Å². The van der Waals surface area contributed by atoms with E-state index in [4.69, 9.17) is 4.74 Å². The summed E-state index contributed by atoms with van der Waals surface area (Å²) in [4.78, 5) is 0. The largest absolute Gasteiger partial charge is 0.457 e. The molecule has 1 aliphatic heterocycles. The van der Waals surface area contributed by atoms with E-state index >= 15 is 0 Å². The molecule has 274 valence electrons. The minimum atomic E-state index is -0.566. The fourth-order valence-corrected chi connectivity index (χ4v) is 11.1. The zero-order chi connectivity index (χ0) is 38.7. The predicted octanol–water partition coefficient (Wildman–Crippen LogP) is 14.5. The lowest BCUT2D eigenvalue weighted by molar-refractivity contribution is 0.437. The SMILES string of the molecule is c1ccc(C2(c3cccc(-c4ccc5c(c4)C4(c6cc7ccccc7cc6O5)c5ccccc5-c5ccccc54)c3)c3ccccc3-c3cc4ccccc4cc32)cc1. The summed E-state index contributed by atoms with van der Waals surface area (Å²) in [6.07, 6.45) is 0. The zero-order valence-electron chi connectivity index (χ0n) is 32.2. The number of hydrogen-bond donors (Lipinski definition) is 0. The molecule has 0 fully saturated rings. The maximum absolute atomic E-state index is 6.99. The summed E-state index contributed by atoms with van der Waals surface area (Å²) in [5, 5.41) is 4.89. The van der Waals surface area contributed by atoms with Crippen LogP contribution in [0.2, 0.25) is 0 Å². The molecule has 1 spiro atoms. The molecule has 59 heavy (non-hydrogen) atoms. The van der Waals surface area contributed by atoms with Crippen LogP contribution in [0.3, 0.4) is 0 Å². The molecule has 0 aromatic heterocycles. The molecule has 13 rings (SSSR count). The van der Waals surface area contributed by atoms with Crippen LogP contribution < -0.4 is 4.74 Å². The molecule has 1 atom stereocenters. The summed E-state index contributed by atoms with van der Waals surface area (Å²) < 4.78 is 6.99. The Hall–Kier alpha value is -7.48. The Morgan fingerprint density at radius 2 is 0.746 bits per heavy atom. The van der Waals surface area contributed by atoms with Crippen LogP contribution in [0.4, 0.5) is 0 Å². The second-order valence-corrected chi connectivity index (χ2v) is 16.3. The fourth-order valence-electron chi connectivity index (χ4n) is 11.1. The second kappa shape index (κ2) is 12.0. The highest BCUT2D eigenvalue weighted by Crippen LogP contribution is 2.63. The minimum Gasteiger partial charge on any atom is -0.457 e. The molecule has 2 aliphatic carbocycles. The van der Waals surface area contributed by atoms with Crippen molar-refractivity contribution in [2.75, 3.05) is 0 Å². The van der Waals surface area contributed by atoms with E-state index in [0.29, 0.717) is 0 Å². The maximum Gasteiger partial charge on any atom is 0.132 e. The molecule has 0 saturated heterocycles. The van der Waals surface area contributed by atoms with Gasteiger partial charge in [-0.2, -0.15) is 0 Å². The van der Waals surface area contributed by atoms with Crippen LogP contribution in [0.15, 0.2) is 218 Å². The van der Waals surface area contributed by atoms with Gasteiger partial charge < -0.3 is 4.74 Å². The molecule has 0 bridgehead atoms. The van der Waals surface area contributed by atoms with Crippen LogP contribution in [0.25, 0.3) is 54.9 Å². The fraction of sp³-hybridized carbons (Fsp3) is 0.0345. The molecule has 1 heterocycles. The third-order valence-corrected chi connectivity index (χ3v) is 13.6. The minimum absolute atomic E-state index is 0.519. The van der Waals surface area contributed by atoms with Gasteiger partial charge in [0.05, 0.1) is 10.8 Å². The van der Waals surface area contributed by atoms with Gasteiger partial charge in [0.15, 0.2) is 0 Å². The number of rotatable bonds is 3. The van der Waals surface area contributed by atoms with E-state index in [0.717, 1.165) is 17.1 Å². The van der Waals surface area contributed by atoms with Crippen LogP contribution in [-0.4, -0.2) is 0 Å². The van der Waals surface area contributed by atoms with Crippen LogP contribution in [0.1, 0.15) is 44.5 Å². The third-order valence-electron chi connectivity index (χ3n) is 13.6. The summed E-state index contributed by atoms with van der Waals surface area (Å²) in [5.74, 6) is 1.80. The van der Waals surface area contributed by atoms with Crippen molar-refractivity contribution in [2.45, 2.75) is 10.8 Å². The molecule has 1 unspecified atom stereocenters. The van der Waals surface area contributed by atoms with Gasteiger partial charge in [-0.1, -0.05) is 176 Å². The van der Waals surface area contributed by atoms with Crippen LogP contribution >= 0.6 is 0 Å². The maximum atomic E-state index is 6.99. The van der Waals surface area contributed by atoms with Crippen molar-refractivity contribution in [3.63, 3.8) is 0 Å². The Bertz CT molecular complexity index is 3330. The summed E-state index contributed by atoms with van der Waals surface area (Å²) in [6, 6.07) is 81.2.